The Hall–Kier alpha value is -2.48. The first-order valence-electron chi connectivity index (χ1n) is 6.34. The van der Waals surface area contributed by atoms with E-state index in [1.807, 2.05) is 30.3 Å². The lowest BCUT2D eigenvalue weighted by Gasteiger charge is -2.10. The van der Waals surface area contributed by atoms with Crippen LogP contribution in [0.25, 0.3) is 0 Å². The molecule has 2 rings (SSSR count). The highest BCUT2D eigenvalue weighted by atomic mass is 32.1. The van der Waals surface area contributed by atoms with Gasteiger partial charge < -0.3 is 20.7 Å². The Bertz CT molecular complexity index is 641. The van der Waals surface area contributed by atoms with Gasteiger partial charge in [-0.3, -0.25) is 0 Å². The third-order valence-electron chi connectivity index (χ3n) is 2.87. The van der Waals surface area contributed by atoms with Gasteiger partial charge in [0.2, 0.25) is 0 Å². The van der Waals surface area contributed by atoms with E-state index in [2.05, 4.69) is 15.6 Å². The Morgan fingerprint density at radius 3 is 2.81 bits per heavy atom. The Morgan fingerprint density at radius 2 is 2.14 bits per heavy atom. The van der Waals surface area contributed by atoms with Crippen molar-refractivity contribution in [2.75, 3.05) is 11.9 Å². The molecule has 8 heteroatoms. The number of hydrogen-bond acceptors (Lipinski definition) is 4. The molecule has 0 radical (unpaired) electrons. The fraction of sp³-hybridized carbons (Fsp3) is 0.231. The number of aromatic nitrogens is 2. The molecule has 0 amide bonds. The van der Waals surface area contributed by atoms with Crippen LogP contribution in [0.4, 0.5) is 11.5 Å². The molecule has 0 aliphatic carbocycles. The average Bonchev–Trinajstić information content (AvgIpc) is 2.81. The average molecular weight is 305 g/mol. The summed E-state index contributed by atoms with van der Waals surface area (Å²) in [7, 11) is 0. The molecule has 0 spiro atoms. The van der Waals surface area contributed by atoms with Gasteiger partial charge in [-0.2, -0.15) is 0 Å². The van der Waals surface area contributed by atoms with Gasteiger partial charge in [0.25, 0.3) is 0 Å². The molecule has 2 aromatic rings. The fourth-order valence-corrected chi connectivity index (χ4v) is 2.08. The highest BCUT2D eigenvalue weighted by molar-refractivity contribution is 7.80. The van der Waals surface area contributed by atoms with Crippen LogP contribution in [0.2, 0.25) is 0 Å². The van der Waals surface area contributed by atoms with Gasteiger partial charge in [-0.05, 0) is 29.3 Å². The first-order chi connectivity index (χ1) is 10.1. The standard InChI is InChI=1S/C13H15N5O2S/c1-10-15-9-12(18(19)20)17(10)8-7-14-13(21)16-11-5-3-2-4-6-11/h2-6,9H,7-8H2,1H3,(H2,14,16,21). The van der Waals surface area contributed by atoms with Crippen LogP contribution in [-0.4, -0.2) is 26.1 Å². The maximum Gasteiger partial charge on any atom is 0.342 e. The lowest BCUT2D eigenvalue weighted by atomic mass is 10.3. The van der Waals surface area contributed by atoms with Crippen LogP contribution in [0, 0.1) is 17.0 Å². The summed E-state index contributed by atoms with van der Waals surface area (Å²) in [4.78, 5) is 14.4. The fourth-order valence-electron chi connectivity index (χ4n) is 1.86. The Morgan fingerprint density at radius 1 is 1.43 bits per heavy atom. The van der Waals surface area contributed by atoms with Gasteiger partial charge in [0.1, 0.15) is 12.7 Å². The second-order valence-electron chi connectivity index (χ2n) is 4.32. The third kappa shape index (κ3) is 3.99. The van der Waals surface area contributed by atoms with Gasteiger partial charge in [-0.1, -0.05) is 18.2 Å². The summed E-state index contributed by atoms with van der Waals surface area (Å²) < 4.78 is 1.54. The summed E-state index contributed by atoms with van der Waals surface area (Å²) in [5.74, 6) is 0.585. The van der Waals surface area contributed by atoms with Crippen molar-refractivity contribution in [1.29, 1.82) is 0 Å². The smallest absolute Gasteiger partial charge is 0.342 e. The maximum absolute atomic E-state index is 10.9. The van der Waals surface area contributed by atoms with Gasteiger partial charge >= 0.3 is 5.82 Å². The first kappa shape index (κ1) is 14.9. The number of rotatable bonds is 5. The third-order valence-corrected chi connectivity index (χ3v) is 3.12. The molecule has 1 aromatic heterocycles. The van der Waals surface area contributed by atoms with Crippen molar-refractivity contribution in [2.45, 2.75) is 13.5 Å². The summed E-state index contributed by atoms with van der Waals surface area (Å²) in [5.41, 5.74) is 0.889. The van der Waals surface area contributed by atoms with Crippen molar-refractivity contribution in [3.05, 3.63) is 52.5 Å². The number of nitrogens with one attached hydrogen (secondary N) is 2. The van der Waals surface area contributed by atoms with Crippen molar-refractivity contribution < 1.29 is 4.92 Å². The second-order valence-corrected chi connectivity index (χ2v) is 4.73. The van der Waals surface area contributed by atoms with E-state index >= 15 is 0 Å². The van der Waals surface area contributed by atoms with Gasteiger partial charge in [-0.25, -0.2) is 9.55 Å². The monoisotopic (exact) mass is 305 g/mol. The first-order valence-corrected chi connectivity index (χ1v) is 6.75. The number of hydrogen-bond donors (Lipinski definition) is 2. The lowest BCUT2D eigenvalue weighted by molar-refractivity contribution is -0.392. The van der Waals surface area contributed by atoms with E-state index in [9.17, 15) is 10.1 Å². The zero-order valence-electron chi connectivity index (χ0n) is 11.4. The molecular weight excluding hydrogens is 290 g/mol. The minimum Gasteiger partial charge on any atom is -0.358 e. The maximum atomic E-state index is 10.9. The molecule has 0 bridgehead atoms. The van der Waals surface area contributed by atoms with Crippen LogP contribution in [0.15, 0.2) is 36.5 Å². The van der Waals surface area contributed by atoms with E-state index in [4.69, 9.17) is 12.2 Å². The summed E-state index contributed by atoms with van der Waals surface area (Å²) in [6.45, 7) is 2.61. The van der Waals surface area contributed by atoms with Gasteiger partial charge in [0, 0.05) is 12.6 Å². The van der Waals surface area contributed by atoms with E-state index in [0.717, 1.165) is 5.69 Å². The molecule has 0 aliphatic rings. The summed E-state index contributed by atoms with van der Waals surface area (Å²) in [6, 6.07) is 9.53. The summed E-state index contributed by atoms with van der Waals surface area (Å²) >= 11 is 5.17. The number of para-hydroxylation sites is 1. The van der Waals surface area contributed by atoms with Crippen molar-refractivity contribution in [3.63, 3.8) is 0 Å². The predicted molar refractivity (Wildman–Crippen MR) is 84.3 cm³/mol. The molecule has 1 aromatic carbocycles. The Labute approximate surface area is 127 Å². The molecule has 0 aliphatic heterocycles. The zero-order valence-corrected chi connectivity index (χ0v) is 12.3. The van der Waals surface area contributed by atoms with Crippen LogP contribution >= 0.6 is 12.2 Å². The molecule has 0 atom stereocenters. The van der Waals surface area contributed by atoms with Crippen LogP contribution in [-0.2, 0) is 6.54 Å². The topological polar surface area (TPSA) is 85.0 Å². The van der Waals surface area contributed by atoms with Crippen LogP contribution in [0.5, 0.6) is 0 Å². The SMILES string of the molecule is Cc1ncc([N+](=O)[O-])n1CCNC(=S)Nc1ccccc1. The number of nitrogens with zero attached hydrogens (tertiary/aromatic N) is 3. The molecule has 110 valence electrons. The summed E-state index contributed by atoms with van der Waals surface area (Å²) in [6.07, 6.45) is 1.26. The zero-order chi connectivity index (χ0) is 15.2. The predicted octanol–water partition coefficient (Wildman–Crippen LogP) is 2.09. The van der Waals surface area contributed by atoms with Crippen LogP contribution in [0.1, 0.15) is 5.82 Å². The van der Waals surface area contributed by atoms with Crippen molar-refractivity contribution in [1.82, 2.24) is 14.9 Å². The molecule has 1 heterocycles. The Balaban J connectivity index is 1.86. The molecular formula is C13H15N5O2S. The highest BCUT2D eigenvalue weighted by Gasteiger charge is 2.16. The minimum atomic E-state index is -0.444. The summed E-state index contributed by atoms with van der Waals surface area (Å²) in [5, 5.41) is 17.4. The van der Waals surface area contributed by atoms with Crippen molar-refractivity contribution in [2.24, 2.45) is 0 Å². The molecule has 0 saturated carbocycles. The number of nitro groups is 1. The van der Waals surface area contributed by atoms with Gasteiger partial charge in [-0.15, -0.1) is 0 Å². The van der Waals surface area contributed by atoms with Crippen molar-refractivity contribution in [3.8, 4) is 0 Å². The molecule has 7 nitrogen and oxygen atoms in total. The Kier molecular flexibility index (Phi) is 4.83. The number of benzene rings is 1. The van der Waals surface area contributed by atoms with Crippen LogP contribution in [0.3, 0.4) is 0 Å². The lowest BCUT2D eigenvalue weighted by Crippen LogP contribution is -2.31. The molecule has 2 N–H and O–H groups in total. The second kappa shape index (κ2) is 6.80. The number of imidazole rings is 1. The number of thiocarbonyl (C=S) groups is 1. The van der Waals surface area contributed by atoms with E-state index in [1.54, 1.807) is 6.92 Å². The minimum absolute atomic E-state index is 0.0174. The van der Waals surface area contributed by atoms with Crippen molar-refractivity contribution >= 4 is 28.8 Å². The molecule has 0 fully saturated rings. The molecule has 21 heavy (non-hydrogen) atoms. The number of aryl methyl sites for hydroxylation is 1. The number of anilines is 1. The largest absolute Gasteiger partial charge is 0.358 e. The van der Waals surface area contributed by atoms with E-state index in [0.29, 0.717) is 24.0 Å². The van der Waals surface area contributed by atoms with E-state index in [1.165, 1.54) is 10.8 Å². The van der Waals surface area contributed by atoms with Gasteiger partial charge in [0.05, 0.1) is 6.54 Å². The quantitative estimate of drug-likeness (QED) is 0.500. The molecule has 0 unspecified atom stereocenters. The van der Waals surface area contributed by atoms with Crippen LogP contribution < -0.4 is 10.6 Å². The normalized spacial score (nSPS) is 10.1. The highest BCUT2D eigenvalue weighted by Crippen LogP contribution is 2.12. The van der Waals surface area contributed by atoms with E-state index in [-0.39, 0.29) is 5.82 Å². The molecule has 0 saturated heterocycles. The van der Waals surface area contributed by atoms with E-state index < -0.39 is 4.92 Å². The van der Waals surface area contributed by atoms with Gasteiger partial charge in [0.15, 0.2) is 10.9 Å².